The Kier molecular flexibility index (Phi) is 5.32. The molecule has 0 radical (unpaired) electrons. The van der Waals surface area contributed by atoms with Gasteiger partial charge in [-0.25, -0.2) is 9.97 Å². The molecule has 3 aromatic rings. The third-order valence-electron chi connectivity index (χ3n) is 3.41. The quantitative estimate of drug-likeness (QED) is 0.683. The Bertz CT molecular complexity index is 996. The molecular formula is C18H11Cl2N5O. The van der Waals surface area contributed by atoms with Crippen LogP contribution in [0.25, 0.3) is 0 Å². The van der Waals surface area contributed by atoms with Crippen LogP contribution in [0.3, 0.4) is 0 Å². The highest BCUT2D eigenvalue weighted by molar-refractivity contribution is 6.39. The summed E-state index contributed by atoms with van der Waals surface area (Å²) in [6.07, 6.45) is 1.25. The molecule has 3 rings (SSSR count). The van der Waals surface area contributed by atoms with Crippen LogP contribution in [0.2, 0.25) is 10.0 Å². The highest BCUT2D eigenvalue weighted by atomic mass is 35.5. The fraction of sp³-hybridized carbons (Fsp3) is 0. The van der Waals surface area contributed by atoms with Gasteiger partial charge < -0.3 is 10.6 Å². The minimum absolute atomic E-state index is 0.124. The van der Waals surface area contributed by atoms with Gasteiger partial charge in [-0.05, 0) is 24.3 Å². The molecule has 1 amide bonds. The lowest BCUT2D eigenvalue weighted by molar-refractivity contribution is 0.102. The predicted molar refractivity (Wildman–Crippen MR) is 101 cm³/mol. The summed E-state index contributed by atoms with van der Waals surface area (Å²) in [7, 11) is 0. The number of nitrogens with zero attached hydrogens (tertiary/aromatic N) is 3. The van der Waals surface area contributed by atoms with Gasteiger partial charge in [-0.2, -0.15) is 5.26 Å². The average molecular weight is 384 g/mol. The number of aromatic nitrogens is 2. The van der Waals surface area contributed by atoms with Crippen LogP contribution in [-0.2, 0) is 0 Å². The molecule has 0 spiro atoms. The molecule has 2 aromatic carbocycles. The Morgan fingerprint density at radius 1 is 1.04 bits per heavy atom. The number of amides is 1. The number of halogens is 2. The van der Waals surface area contributed by atoms with Crippen LogP contribution >= 0.6 is 23.2 Å². The maximum atomic E-state index is 12.4. The van der Waals surface area contributed by atoms with Crippen molar-refractivity contribution >= 4 is 46.3 Å². The highest BCUT2D eigenvalue weighted by Crippen LogP contribution is 2.32. The molecule has 0 bridgehead atoms. The molecule has 0 fully saturated rings. The Morgan fingerprint density at radius 3 is 2.50 bits per heavy atom. The minimum Gasteiger partial charge on any atom is -0.338 e. The molecule has 1 aromatic heterocycles. The van der Waals surface area contributed by atoms with Gasteiger partial charge in [0.1, 0.15) is 23.9 Å². The van der Waals surface area contributed by atoms with Gasteiger partial charge in [-0.3, -0.25) is 4.79 Å². The molecule has 128 valence electrons. The van der Waals surface area contributed by atoms with Crippen molar-refractivity contribution in [2.45, 2.75) is 0 Å². The predicted octanol–water partition coefficient (Wildman–Crippen LogP) is 4.65. The van der Waals surface area contributed by atoms with Gasteiger partial charge in [0, 0.05) is 6.07 Å². The number of carbonyl (C=O) groups excluding carboxylic acids is 1. The van der Waals surface area contributed by atoms with E-state index in [9.17, 15) is 4.79 Å². The number of hydrogen-bond acceptors (Lipinski definition) is 5. The van der Waals surface area contributed by atoms with Crippen molar-refractivity contribution in [3.8, 4) is 6.07 Å². The summed E-state index contributed by atoms with van der Waals surface area (Å²) in [4.78, 5) is 20.5. The summed E-state index contributed by atoms with van der Waals surface area (Å²) >= 11 is 12.2. The summed E-state index contributed by atoms with van der Waals surface area (Å²) in [5, 5.41) is 15.6. The highest BCUT2D eigenvalue weighted by Gasteiger charge is 2.13. The van der Waals surface area contributed by atoms with Gasteiger partial charge in [0.2, 0.25) is 0 Å². The van der Waals surface area contributed by atoms with Gasteiger partial charge in [0.05, 0.1) is 27.0 Å². The lowest BCUT2D eigenvalue weighted by Crippen LogP contribution is -2.15. The Balaban J connectivity index is 1.83. The van der Waals surface area contributed by atoms with Crippen LogP contribution in [-0.4, -0.2) is 15.9 Å². The molecule has 26 heavy (non-hydrogen) atoms. The molecule has 0 aliphatic carbocycles. The number of rotatable bonds is 4. The largest absolute Gasteiger partial charge is 0.338 e. The van der Waals surface area contributed by atoms with Crippen molar-refractivity contribution < 1.29 is 4.79 Å². The van der Waals surface area contributed by atoms with E-state index < -0.39 is 5.91 Å². The molecule has 0 aliphatic heterocycles. The SMILES string of the molecule is N#Cc1ccccc1NC(=O)c1cc(Nc2c(Cl)cccc2Cl)ncn1. The van der Waals surface area contributed by atoms with Crippen molar-refractivity contribution in [3.63, 3.8) is 0 Å². The zero-order valence-electron chi connectivity index (χ0n) is 13.2. The Hall–Kier alpha value is -3.14. The van der Waals surface area contributed by atoms with Crippen LogP contribution in [0.1, 0.15) is 16.1 Å². The maximum absolute atomic E-state index is 12.4. The summed E-state index contributed by atoms with van der Waals surface area (Å²) in [5.41, 5.74) is 1.37. The number of nitrogens with one attached hydrogen (secondary N) is 2. The molecular weight excluding hydrogens is 373 g/mol. The van der Waals surface area contributed by atoms with Crippen molar-refractivity contribution in [1.29, 1.82) is 5.26 Å². The van der Waals surface area contributed by atoms with E-state index in [1.54, 1.807) is 42.5 Å². The van der Waals surface area contributed by atoms with E-state index in [-0.39, 0.29) is 5.69 Å². The van der Waals surface area contributed by atoms with Crippen LogP contribution in [0, 0.1) is 11.3 Å². The van der Waals surface area contributed by atoms with E-state index in [2.05, 4.69) is 20.6 Å². The fourth-order valence-corrected chi connectivity index (χ4v) is 2.66. The van der Waals surface area contributed by atoms with Gasteiger partial charge in [0.15, 0.2) is 0 Å². The summed E-state index contributed by atoms with van der Waals surface area (Å²) in [6.45, 7) is 0. The van der Waals surface area contributed by atoms with E-state index in [1.807, 2.05) is 6.07 Å². The first-order chi connectivity index (χ1) is 12.6. The molecule has 1 heterocycles. The normalized spacial score (nSPS) is 10.0. The summed E-state index contributed by atoms with van der Waals surface area (Å²) < 4.78 is 0. The lowest BCUT2D eigenvalue weighted by Gasteiger charge is -2.10. The fourth-order valence-electron chi connectivity index (χ4n) is 2.17. The number of benzene rings is 2. The second-order valence-electron chi connectivity index (χ2n) is 5.12. The first-order valence-corrected chi connectivity index (χ1v) is 8.17. The second-order valence-corrected chi connectivity index (χ2v) is 5.94. The Labute approximate surface area is 159 Å². The van der Waals surface area contributed by atoms with E-state index in [4.69, 9.17) is 28.5 Å². The van der Waals surface area contributed by atoms with Gasteiger partial charge in [0.25, 0.3) is 5.91 Å². The van der Waals surface area contributed by atoms with E-state index >= 15 is 0 Å². The number of anilines is 3. The van der Waals surface area contributed by atoms with Crippen molar-refractivity contribution in [2.24, 2.45) is 0 Å². The maximum Gasteiger partial charge on any atom is 0.274 e. The Morgan fingerprint density at radius 2 is 1.77 bits per heavy atom. The summed E-state index contributed by atoms with van der Waals surface area (Å²) in [6, 6.07) is 15.3. The van der Waals surface area contributed by atoms with Crippen molar-refractivity contribution in [2.75, 3.05) is 10.6 Å². The number of hydrogen-bond donors (Lipinski definition) is 2. The first-order valence-electron chi connectivity index (χ1n) is 7.42. The van der Waals surface area contributed by atoms with Crippen molar-refractivity contribution in [3.05, 3.63) is 76.2 Å². The molecule has 8 heteroatoms. The topological polar surface area (TPSA) is 90.7 Å². The molecule has 0 atom stereocenters. The zero-order chi connectivity index (χ0) is 18.5. The number of para-hydroxylation sites is 2. The molecule has 6 nitrogen and oxygen atoms in total. The first kappa shape index (κ1) is 17.7. The van der Waals surface area contributed by atoms with E-state index in [0.29, 0.717) is 32.8 Å². The standard InChI is InChI=1S/C18H11Cl2N5O/c19-12-5-3-6-13(20)17(12)25-16-8-15(22-10-23-16)18(26)24-14-7-2-1-4-11(14)9-21/h1-8,10H,(H,24,26)(H,22,23,25). The average Bonchev–Trinajstić information content (AvgIpc) is 2.65. The zero-order valence-corrected chi connectivity index (χ0v) is 14.7. The molecule has 0 unspecified atom stereocenters. The number of carbonyl (C=O) groups is 1. The van der Waals surface area contributed by atoms with Crippen LogP contribution in [0.15, 0.2) is 54.9 Å². The summed E-state index contributed by atoms with van der Waals surface area (Å²) in [5.74, 6) is -0.114. The second kappa shape index (κ2) is 7.83. The van der Waals surface area contributed by atoms with Crippen molar-refractivity contribution in [1.82, 2.24) is 9.97 Å². The smallest absolute Gasteiger partial charge is 0.274 e. The molecule has 0 saturated carbocycles. The van der Waals surface area contributed by atoms with Crippen LogP contribution in [0.5, 0.6) is 0 Å². The number of nitriles is 1. The van der Waals surface area contributed by atoms with Gasteiger partial charge in [-0.1, -0.05) is 41.4 Å². The van der Waals surface area contributed by atoms with E-state index in [1.165, 1.54) is 12.4 Å². The van der Waals surface area contributed by atoms with Crippen LogP contribution < -0.4 is 10.6 Å². The third kappa shape index (κ3) is 3.91. The van der Waals surface area contributed by atoms with Gasteiger partial charge in [-0.15, -0.1) is 0 Å². The minimum atomic E-state index is -0.469. The third-order valence-corrected chi connectivity index (χ3v) is 4.04. The molecule has 2 N–H and O–H groups in total. The van der Waals surface area contributed by atoms with Gasteiger partial charge >= 0.3 is 0 Å². The van der Waals surface area contributed by atoms with Crippen LogP contribution in [0.4, 0.5) is 17.2 Å². The molecule has 0 aliphatic rings. The van der Waals surface area contributed by atoms with E-state index in [0.717, 1.165) is 0 Å². The molecule has 0 saturated heterocycles. The monoisotopic (exact) mass is 383 g/mol. The lowest BCUT2D eigenvalue weighted by atomic mass is 10.2.